The Morgan fingerprint density at radius 2 is 1.86 bits per heavy atom. The second-order valence-electron chi connectivity index (χ2n) is 7.03. The van der Waals surface area contributed by atoms with Crippen molar-refractivity contribution in [2.75, 3.05) is 0 Å². The molecule has 2 N–H and O–H groups in total. The minimum atomic E-state index is -1.08. The van der Waals surface area contributed by atoms with Gasteiger partial charge in [0, 0.05) is 28.3 Å². The summed E-state index contributed by atoms with van der Waals surface area (Å²) in [5, 5.41) is 13.3. The van der Waals surface area contributed by atoms with E-state index in [4.69, 9.17) is 13.9 Å². The molecule has 148 valence electrons. The Kier molecular flexibility index (Phi) is 5.27. The first kappa shape index (κ1) is 19.7. The van der Waals surface area contributed by atoms with Gasteiger partial charge >= 0.3 is 11.6 Å². The van der Waals surface area contributed by atoms with Gasteiger partial charge in [0.25, 0.3) is 0 Å². The Morgan fingerprint density at radius 3 is 2.50 bits per heavy atom. The fraction of sp³-hybridized carbons (Fsp3) is 0.381. The van der Waals surface area contributed by atoms with Crippen molar-refractivity contribution >= 4 is 33.8 Å². The van der Waals surface area contributed by atoms with Crippen LogP contribution in [0.15, 0.2) is 26.0 Å². The molecule has 0 saturated carbocycles. The number of carbonyl (C=O) groups is 2. The normalized spacial score (nSPS) is 12.4. The van der Waals surface area contributed by atoms with Gasteiger partial charge in [-0.25, -0.2) is 9.59 Å². The molecule has 0 fully saturated rings. The molecule has 28 heavy (non-hydrogen) atoms. The second-order valence-corrected chi connectivity index (χ2v) is 7.03. The Hall–Kier alpha value is -3.09. The van der Waals surface area contributed by atoms with Gasteiger partial charge in [-0.15, -0.1) is 0 Å². The maximum Gasteiger partial charge on any atom is 0.339 e. The highest BCUT2D eigenvalue weighted by Gasteiger charge is 2.20. The van der Waals surface area contributed by atoms with Crippen molar-refractivity contribution in [3.63, 3.8) is 0 Å². The first-order valence-corrected chi connectivity index (χ1v) is 9.20. The third-order valence-electron chi connectivity index (χ3n) is 5.18. The SMILES string of the molecule is CCC(NC(=O)CCc1c(C)c2cc3c(C)coc3c(C)c2oc1=O)C(=O)O. The van der Waals surface area contributed by atoms with E-state index in [1.54, 1.807) is 13.2 Å². The van der Waals surface area contributed by atoms with Crippen LogP contribution in [0.2, 0.25) is 0 Å². The van der Waals surface area contributed by atoms with Crippen LogP contribution in [0.4, 0.5) is 0 Å². The van der Waals surface area contributed by atoms with Crippen molar-refractivity contribution in [3.8, 4) is 0 Å². The number of carboxylic acids is 1. The van der Waals surface area contributed by atoms with E-state index < -0.39 is 23.5 Å². The molecule has 1 aromatic carbocycles. The third-order valence-corrected chi connectivity index (χ3v) is 5.18. The van der Waals surface area contributed by atoms with Gasteiger partial charge < -0.3 is 19.3 Å². The van der Waals surface area contributed by atoms with Crippen molar-refractivity contribution in [1.82, 2.24) is 5.32 Å². The molecule has 0 aliphatic carbocycles. The fourth-order valence-corrected chi connectivity index (χ4v) is 3.45. The maximum atomic E-state index is 12.5. The molecule has 3 aromatic rings. The number of aryl methyl sites for hydroxylation is 3. The highest BCUT2D eigenvalue weighted by atomic mass is 16.4. The molecular formula is C21H23NO6. The van der Waals surface area contributed by atoms with Gasteiger partial charge in [0.2, 0.25) is 5.91 Å². The molecule has 7 nitrogen and oxygen atoms in total. The van der Waals surface area contributed by atoms with Crippen LogP contribution in [0.3, 0.4) is 0 Å². The molecule has 0 bridgehead atoms. The predicted molar refractivity (Wildman–Crippen MR) is 105 cm³/mol. The molecule has 2 heterocycles. The molecule has 0 saturated heterocycles. The molecule has 1 atom stereocenters. The minimum Gasteiger partial charge on any atom is -0.480 e. The summed E-state index contributed by atoms with van der Waals surface area (Å²) in [6.07, 6.45) is 2.14. The maximum absolute atomic E-state index is 12.5. The Labute approximate surface area is 161 Å². The Morgan fingerprint density at radius 1 is 1.14 bits per heavy atom. The first-order chi connectivity index (χ1) is 13.2. The average molecular weight is 385 g/mol. The number of hydrogen-bond donors (Lipinski definition) is 2. The lowest BCUT2D eigenvalue weighted by Gasteiger charge is -2.13. The lowest BCUT2D eigenvalue weighted by Crippen LogP contribution is -2.40. The van der Waals surface area contributed by atoms with Crippen molar-refractivity contribution in [1.29, 1.82) is 0 Å². The Bertz CT molecular complexity index is 1140. The number of carbonyl (C=O) groups excluding carboxylic acids is 1. The van der Waals surface area contributed by atoms with E-state index in [0.717, 1.165) is 27.5 Å². The summed E-state index contributed by atoms with van der Waals surface area (Å²) in [5.41, 5.74) is 3.62. The Balaban J connectivity index is 1.95. The summed E-state index contributed by atoms with van der Waals surface area (Å²) in [6.45, 7) is 7.31. The molecule has 0 aliphatic rings. The first-order valence-electron chi connectivity index (χ1n) is 9.20. The number of hydrogen-bond acceptors (Lipinski definition) is 5. The summed E-state index contributed by atoms with van der Waals surface area (Å²) in [6, 6.07) is 1.01. The highest BCUT2D eigenvalue weighted by Crippen LogP contribution is 2.32. The van der Waals surface area contributed by atoms with E-state index in [2.05, 4.69) is 5.32 Å². The second kappa shape index (κ2) is 7.50. The summed E-state index contributed by atoms with van der Waals surface area (Å²) >= 11 is 0. The van der Waals surface area contributed by atoms with Gasteiger partial charge in [-0.2, -0.15) is 0 Å². The molecule has 2 aromatic heterocycles. The zero-order valence-electron chi connectivity index (χ0n) is 16.3. The lowest BCUT2D eigenvalue weighted by molar-refractivity contribution is -0.141. The third kappa shape index (κ3) is 3.40. The number of nitrogens with one attached hydrogen (secondary N) is 1. The number of fused-ring (bicyclic) bond motifs is 2. The number of amides is 1. The van der Waals surface area contributed by atoms with Gasteiger partial charge in [0.1, 0.15) is 17.2 Å². The van der Waals surface area contributed by atoms with Crippen LogP contribution >= 0.6 is 0 Å². The number of furan rings is 1. The fourth-order valence-electron chi connectivity index (χ4n) is 3.45. The molecule has 0 radical (unpaired) electrons. The van der Waals surface area contributed by atoms with Crippen LogP contribution in [0.5, 0.6) is 0 Å². The smallest absolute Gasteiger partial charge is 0.339 e. The van der Waals surface area contributed by atoms with Crippen LogP contribution in [-0.4, -0.2) is 23.0 Å². The minimum absolute atomic E-state index is 0.00680. The zero-order chi connectivity index (χ0) is 20.6. The van der Waals surface area contributed by atoms with E-state index in [9.17, 15) is 14.4 Å². The van der Waals surface area contributed by atoms with Crippen LogP contribution in [0.1, 0.15) is 42.0 Å². The van der Waals surface area contributed by atoms with E-state index in [0.29, 0.717) is 16.7 Å². The van der Waals surface area contributed by atoms with Crippen LogP contribution in [-0.2, 0) is 16.0 Å². The van der Waals surface area contributed by atoms with E-state index in [-0.39, 0.29) is 19.3 Å². The molecule has 3 rings (SSSR count). The van der Waals surface area contributed by atoms with Crippen molar-refractivity contribution in [3.05, 3.63) is 45.0 Å². The van der Waals surface area contributed by atoms with Crippen molar-refractivity contribution in [2.24, 2.45) is 0 Å². The quantitative estimate of drug-likeness (QED) is 0.630. The summed E-state index contributed by atoms with van der Waals surface area (Å²) in [5.74, 6) is -1.49. The molecule has 0 spiro atoms. The number of aliphatic carboxylic acids is 1. The van der Waals surface area contributed by atoms with Gasteiger partial charge in [-0.1, -0.05) is 6.92 Å². The average Bonchev–Trinajstić information content (AvgIpc) is 3.01. The topological polar surface area (TPSA) is 110 Å². The summed E-state index contributed by atoms with van der Waals surface area (Å²) < 4.78 is 11.1. The summed E-state index contributed by atoms with van der Waals surface area (Å²) in [4.78, 5) is 35.7. The van der Waals surface area contributed by atoms with Crippen LogP contribution < -0.4 is 10.9 Å². The van der Waals surface area contributed by atoms with Gasteiger partial charge in [0.15, 0.2) is 0 Å². The van der Waals surface area contributed by atoms with Gasteiger partial charge in [-0.3, -0.25) is 4.79 Å². The lowest BCUT2D eigenvalue weighted by atomic mass is 9.98. The van der Waals surface area contributed by atoms with Gasteiger partial charge in [-0.05, 0) is 50.8 Å². The number of carboxylic acid groups (broad SMARTS) is 1. The van der Waals surface area contributed by atoms with Crippen molar-refractivity contribution < 1.29 is 23.5 Å². The molecular weight excluding hydrogens is 362 g/mol. The summed E-state index contributed by atoms with van der Waals surface area (Å²) in [7, 11) is 0. The van der Waals surface area contributed by atoms with E-state index in [1.165, 1.54) is 0 Å². The molecule has 1 amide bonds. The number of benzene rings is 1. The monoisotopic (exact) mass is 385 g/mol. The van der Waals surface area contributed by atoms with Crippen LogP contribution in [0, 0.1) is 20.8 Å². The van der Waals surface area contributed by atoms with Crippen molar-refractivity contribution in [2.45, 2.75) is 53.0 Å². The van der Waals surface area contributed by atoms with E-state index in [1.807, 2.05) is 26.8 Å². The van der Waals surface area contributed by atoms with E-state index >= 15 is 0 Å². The van der Waals surface area contributed by atoms with Crippen LogP contribution in [0.25, 0.3) is 21.9 Å². The molecule has 7 heteroatoms. The number of rotatable bonds is 6. The zero-order valence-corrected chi connectivity index (χ0v) is 16.3. The predicted octanol–water partition coefficient (Wildman–Crippen LogP) is 3.38. The molecule has 0 aliphatic heterocycles. The largest absolute Gasteiger partial charge is 0.480 e. The standard InChI is InChI=1S/C21H23NO6/c1-5-16(20(24)25)22-17(23)7-6-13-11(3)15-8-14-10(2)9-27-18(14)12(4)19(15)28-21(13)26/h8-9,16H,5-7H2,1-4H3,(H,22,23)(H,24,25). The van der Waals surface area contributed by atoms with Gasteiger partial charge in [0.05, 0.1) is 6.26 Å². The highest BCUT2D eigenvalue weighted by molar-refractivity contribution is 5.99. The molecule has 1 unspecified atom stereocenters.